The third kappa shape index (κ3) is 7.61. The summed E-state index contributed by atoms with van der Waals surface area (Å²) in [7, 11) is 0. The zero-order chi connectivity index (χ0) is 26.0. The van der Waals surface area contributed by atoms with Crippen LogP contribution in [0, 0.1) is 0 Å². The summed E-state index contributed by atoms with van der Waals surface area (Å²) in [6.45, 7) is 0. The third-order valence-electron chi connectivity index (χ3n) is 5.32. The van der Waals surface area contributed by atoms with Gasteiger partial charge in [0.1, 0.15) is 0 Å². The Balaban J connectivity index is 0.000000157. The van der Waals surface area contributed by atoms with E-state index in [4.69, 9.17) is 30.9 Å². The van der Waals surface area contributed by atoms with E-state index < -0.39 is 14.8 Å². The Bertz CT molecular complexity index is 1460. The van der Waals surface area contributed by atoms with Crippen LogP contribution in [0.4, 0.5) is 0 Å². The number of halogens is 2. The molecule has 189 valence electrons. The van der Waals surface area contributed by atoms with Crippen molar-refractivity contribution < 1.29 is 22.5 Å². The number of nitrogens with zero attached hydrogens (tertiary/aromatic N) is 2. The van der Waals surface area contributed by atoms with Gasteiger partial charge in [0.05, 0.1) is 28.0 Å². The van der Waals surface area contributed by atoms with Gasteiger partial charge in [-0.3, -0.25) is 5.10 Å². The maximum absolute atomic E-state index is 8.41. The summed E-state index contributed by atoms with van der Waals surface area (Å²) in [5.74, 6) is 0. The predicted molar refractivity (Wildman–Crippen MR) is 147 cm³/mol. The number of benzene rings is 2. The molecule has 3 aromatic heterocycles. The Morgan fingerprint density at radius 2 is 1.46 bits per heavy atom. The van der Waals surface area contributed by atoms with Gasteiger partial charge in [-0.1, -0.05) is 59.6 Å². The maximum atomic E-state index is 8.41. The predicted octanol–water partition coefficient (Wildman–Crippen LogP) is 8.06. The van der Waals surface area contributed by atoms with Gasteiger partial charge >= 0.3 is 22.5 Å². The van der Waals surface area contributed by atoms with Gasteiger partial charge in [-0.25, -0.2) is 0 Å². The van der Waals surface area contributed by atoms with Crippen LogP contribution in [0.15, 0.2) is 94.7 Å². The van der Waals surface area contributed by atoms with Crippen LogP contribution >= 0.6 is 45.9 Å². The molecule has 1 aliphatic rings. The van der Waals surface area contributed by atoms with Crippen LogP contribution in [0.1, 0.15) is 22.9 Å². The fraction of sp³-hybridized carbons (Fsp3) is 0.0769. The van der Waals surface area contributed by atoms with Gasteiger partial charge in [0.15, 0.2) is 0 Å². The number of thiophene rings is 2. The number of hydrogen-bond acceptors (Lipinski definition) is 7. The number of aromatic nitrogens is 2. The molecule has 5 aromatic rings. The molecule has 11 heteroatoms. The molecule has 0 fully saturated rings. The summed E-state index contributed by atoms with van der Waals surface area (Å²) in [6.07, 6.45) is 0.933. The quantitative estimate of drug-likeness (QED) is 0.202. The standard InChI is InChI=1S/C13H11ClN2S.C13H9ClN2S.Mn.2O/c2*14-10-5-3-9(4-6-10)11-8-12(16-15-11)13-2-1-7-17-13;;;/h1-7,12,16H,8H2;1-8H,(H,15,16);;;. The van der Waals surface area contributed by atoms with Crippen molar-refractivity contribution in [2.75, 3.05) is 0 Å². The van der Waals surface area contributed by atoms with E-state index in [1.54, 1.807) is 22.7 Å². The SMILES string of the molecule is Clc1ccc(-c2cc(-c3cccs3)[nH]n2)cc1.Clc1ccc(C2=NNC(c3cccs3)C2)cc1.[O]=[Mn]=[O]. The zero-order valence-electron chi connectivity index (χ0n) is 19.1. The fourth-order valence-corrected chi connectivity index (χ4v) is 5.28. The number of nitrogens with one attached hydrogen (secondary N) is 2. The Morgan fingerprint density at radius 3 is 2.05 bits per heavy atom. The first-order chi connectivity index (χ1) is 18.1. The Labute approximate surface area is 237 Å². The van der Waals surface area contributed by atoms with E-state index in [1.807, 2.05) is 54.6 Å². The van der Waals surface area contributed by atoms with Crippen molar-refractivity contribution in [3.63, 3.8) is 0 Å². The van der Waals surface area contributed by atoms with E-state index in [0.29, 0.717) is 6.04 Å². The van der Waals surface area contributed by atoms with Crippen LogP contribution in [0.3, 0.4) is 0 Å². The van der Waals surface area contributed by atoms with Crippen LogP contribution in [0.25, 0.3) is 21.8 Å². The molecule has 1 unspecified atom stereocenters. The molecule has 1 aliphatic heterocycles. The Morgan fingerprint density at radius 1 is 0.838 bits per heavy atom. The van der Waals surface area contributed by atoms with Crippen molar-refractivity contribution in [3.05, 3.63) is 110 Å². The number of aromatic amines is 1. The first-order valence-corrected chi connectivity index (χ1v) is 14.4. The average molecular weight is 610 g/mol. The third-order valence-corrected chi connectivity index (χ3v) is 7.71. The molecule has 1 atom stereocenters. The summed E-state index contributed by atoms with van der Waals surface area (Å²) in [5.41, 5.74) is 8.47. The summed E-state index contributed by atoms with van der Waals surface area (Å²) < 4.78 is 16.8. The van der Waals surface area contributed by atoms with Crippen molar-refractivity contribution in [2.24, 2.45) is 5.10 Å². The molecule has 4 heterocycles. The Hall–Kier alpha value is -2.78. The molecule has 6 nitrogen and oxygen atoms in total. The topological polar surface area (TPSA) is 87.2 Å². The summed E-state index contributed by atoms with van der Waals surface area (Å²) in [4.78, 5) is 2.52. The second kappa shape index (κ2) is 13.7. The van der Waals surface area contributed by atoms with Gasteiger partial charge in [-0.05, 0) is 58.8 Å². The number of hydrogen-bond donors (Lipinski definition) is 2. The summed E-state index contributed by atoms with van der Waals surface area (Å²) in [6, 6.07) is 26.2. The molecule has 0 spiro atoms. The van der Waals surface area contributed by atoms with E-state index >= 15 is 0 Å². The molecule has 2 N–H and O–H groups in total. The van der Waals surface area contributed by atoms with Crippen molar-refractivity contribution in [1.29, 1.82) is 0 Å². The molecule has 0 amide bonds. The first kappa shape index (κ1) is 27.3. The molecule has 2 aromatic carbocycles. The van der Waals surface area contributed by atoms with E-state index in [1.165, 1.54) is 9.75 Å². The number of hydrazone groups is 1. The molecule has 0 bridgehead atoms. The number of H-pyrrole nitrogens is 1. The number of rotatable bonds is 4. The molecule has 0 saturated heterocycles. The molecular weight excluding hydrogens is 590 g/mol. The van der Waals surface area contributed by atoms with Crippen molar-refractivity contribution in [2.45, 2.75) is 12.5 Å². The molecule has 0 aliphatic carbocycles. The van der Waals surface area contributed by atoms with Gasteiger partial charge in [-0.2, -0.15) is 10.2 Å². The van der Waals surface area contributed by atoms with Crippen LogP contribution in [0.5, 0.6) is 0 Å². The van der Waals surface area contributed by atoms with Gasteiger partial charge in [0.2, 0.25) is 0 Å². The average Bonchev–Trinajstić information content (AvgIpc) is 3.72. The summed E-state index contributed by atoms with van der Waals surface area (Å²) >= 11 is 13.8. The molecular formula is C26H20Cl2MnN4O2S2. The van der Waals surface area contributed by atoms with E-state index in [9.17, 15) is 0 Å². The molecule has 0 saturated carbocycles. The van der Waals surface area contributed by atoms with E-state index in [0.717, 1.165) is 44.7 Å². The van der Waals surface area contributed by atoms with Crippen LogP contribution in [0.2, 0.25) is 10.0 Å². The monoisotopic (exact) mass is 609 g/mol. The normalized spacial score (nSPS) is 13.9. The van der Waals surface area contributed by atoms with E-state index in [2.05, 4.69) is 55.8 Å². The minimum absolute atomic E-state index is 0.320. The van der Waals surface area contributed by atoms with Crippen molar-refractivity contribution in [1.82, 2.24) is 15.6 Å². The van der Waals surface area contributed by atoms with Crippen LogP contribution < -0.4 is 5.43 Å². The van der Waals surface area contributed by atoms with E-state index in [-0.39, 0.29) is 0 Å². The fourth-order valence-electron chi connectivity index (χ4n) is 3.57. The van der Waals surface area contributed by atoms with Crippen LogP contribution in [-0.2, 0) is 22.5 Å². The molecule has 6 rings (SSSR count). The molecule has 37 heavy (non-hydrogen) atoms. The van der Waals surface area contributed by atoms with Gasteiger partial charge < -0.3 is 5.43 Å². The van der Waals surface area contributed by atoms with Crippen molar-refractivity contribution >= 4 is 51.6 Å². The van der Waals surface area contributed by atoms with Gasteiger partial charge in [-0.15, -0.1) is 22.7 Å². The molecule has 0 radical (unpaired) electrons. The van der Waals surface area contributed by atoms with Gasteiger partial charge in [0, 0.05) is 26.9 Å². The first-order valence-electron chi connectivity index (χ1n) is 10.9. The van der Waals surface area contributed by atoms with Crippen LogP contribution in [-0.4, -0.2) is 15.9 Å². The second-order valence-corrected chi connectivity index (χ2v) is 10.7. The van der Waals surface area contributed by atoms with Gasteiger partial charge in [0.25, 0.3) is 0 Å². The van der Waals surface area contributed by atoms with Crippen molar-refractivity contribution in [3.8, 4) is 21.8 Å². The Kier molecular flexibility index (Phi) is 10.1. The zero-order valence-corrected chi connectivity index (χ0v) is 23.4. The minimum atomic E-state index is -1.44. The summed E-state index contributed by atoms with van der Waals surface area (Å²) in [5, 5.41) is 17.4. The second-order valence-electron chi connectivity index (χ2n) is 7.68.